The summed E-state index contributed by atoms with van der Waals surface area (Å²) in [6.07, 6.45) is 0.219. The highest BCUT2D eigenvalue weighted by atomic mass is 32.1. The molecule has 0 N–H and O–H groups in total. The number of hydrogen-bond acceptors (Lipinski definition) is 3. The first-order chi connectivity index (χ1) is 7.06. The predicted octanol–water partition coefficient (Wildman–Crippen LogP) is 3.17. The average Bonchev–Trinajstić information content (AvgIpc) is 2.16. The molecule has 15 heavy (non-hydrogen) atoms. The number of halogens is 2. The summed E-state index contributed by atoms with van der Waals surface area (Å²) >= 11 is 4.04. The highest BCUT2D eigenvalue weighted by Crippen LogP contribution is 2.27. The number of ketones is 1. The molecule has 0 aliphatic carbocycles. The summed E-state index contributed by atoms with van der Waals surface area (Å²) in [5.41, 5.74) is 0.114. The Labute approximate surface area is 91.7 Å². The van der Waals surface area contributed by atoms with Gasteiger partial charge in [0.05, 0.1) is 5.56 Å². The van der Waals surface area contributed by atoms with Crippen LogP contribution in [-0.4, -0.2) is 12.4 Å². The molecule has 1 aromatic rings. The second-order valence-corrected chi connectivity index (χ2v) is 3.29. The molecule has 0 unspecified atom stereocenters. The van der Waals surface area contributed by atoms with Gasteiger partial charge in [-0.25, -0.2) is 0 Å². The third kappa shape index (κ3) is 2.92. The largest absolute Gasteiger partial charge is 0.434 e. The van der Waals surface area contributed by atoms with Crippen LogP contribution in [0.1, 0.15) is 23.7 Å². The Bertz CT molecular complexity index is 366. The topological polar surface area (TPSA) is 26.3 Å². The molecule has 0 aliphatic rings. The van der Waals surface area contributed by atoms with E-state index < -0.39 is 6.61 Å². The molecular weight excluding hydrogens is 222 g/mol. The minimum Gasteiger partial charge on any atom is -0.434 e. The molecule has 1 aromatic carbocycles. The van der Waals surface area contributed by atoms with E-state index in [1.54, 1.807) is 13.0 Å². The van der Waals surface area contributed by atoms with Crippen LogP contribution >= 0.6 is 12.6 Å². The summed E-state index contributed by atoms with van der Waals surface area (Å²) in [5, 5.41) is 0. The van der Waals surface area contributed by atoms with Gasteiger partial charge in [-0.2, -0.15) is 8.78 Å². The van der Waals surface area contributed by atoms with Crippen molar-refractivity contribution in [2.24, 2.45) is 0 Å². The Morgan fingerprint density at radius 2 is 2.20 bits per heavy atom. The number of carbonyl (C=O) groups is 1. The first kappa shape index (κ1) is 12.0. The molecule has 0 saturated carbocycles. The lowest BCUT2D eigenvalue weighted by Gasteiger charge is -2.10. The number of Topliss-reactive ketones (excluding diaryl/α,β-unsaturated/α-hetero) is 1. The van der Waals surface area contributed by atoms with E-state index in [9.17, 15) is 13.6 Å². The lowest BCUT2D eigenvalue weighted by atomic mass is 10.1. The zero-order chi connectivity index (χ0) is 11.4. The second-order valence-electron chi connectivity index (χ2n) is 2.81. The van der Waals surface area contributed by atoms with E-state index in [1.165, 1.54) is 12.1 Å². The SMILES string of the molecule is CCC(=O)c1c(S)cccc1OC(F)F. The Morgan fingerprint density at radius 3 is 2.73 bits per heavy atom. The molecule has 0 fully saturated rings. The van der Waals surface area contributed by atoms with E-state index >= 15 is 0 Å². The zero-order valence-corrected chi connectivity index (χ0v) is 8.93. The van der Waals surface area contributed by atoms with Gasteiger partial charge in [-0.15, -0.1) is 12.6 Å². The van der Waals surface area contributed by atoms with Gasteiger partial charge in [0.1, 0.15) is 5.75 Å². The van der Waals surface area contributed by atoms with E-state index in [0.717, 1.165) is 0 Å². The molecule has 82 valence electrons. The molecule has 1 rings (SSSR count). The van der Waals surface area contributed by atoms with Crippen molar-refractivity contribution in [3.05, 3.63) is 23.8 Å². The second kappa shape index (κ2) is 5.11. The van der Waals surface area contributed by atoms with Crippen molar-refractivity contribution >= 4 is 18.4 Å². The van der Waals surface area contributed by atoms with Crippen LogP contribution < -0.4 is 4.74 Å². The lowest BCUT2D eigenvalue weighted by Crippen LogP contribution is -2.08. The van der Waals surface area contributed by atoms with Gasteiger partial charge in [-0.3, -0.25) is 4.79 Å². The Hall–Kier alpha value is -1.10. The molecule has 0 spiro atoms. The smallest absolute Gasteiger partial charge is 0.387 e. The molecule has 0 aromatic heterocycles. The lowest BCUT2D eigenvalue weighted by molar-refractivity contribution is -0.0503. The Balaban J connectivity index is 3.14. The summed E-state index contributed by atoms with van der Waals surface area (Å²) in [7, 11) is 0. The summed E-state index contributed by atoms with van der Waals surface area (Å²) in [6.45, 7) is -1.29. The maximum atomic E-state index is 12.0. The van der Waals surface area contributed by atoms with Gasteiger partial charge in [0, 0.05) is 11.3 Å². The summed E-state index contributed by atoms with van der Waals surface area (Å²) < 4.78 is 28.3. The number of benzene rings is 1. The number of ether oxygens (including phenoxy) is 1. The fraction of sp³-hybridized carbons (Fsp3) is 0.300. The number of rotatable bonds is 4. The van der Waals surface area contributed by atoms with Gasteiger partial charge < -0.3 is 4.74 Å². The summed E-state index contributed by atoms with van der Waals surface area (Å²) in [4.78, 5) is 11.8. The number of thiol groups is 1. The normalized spacial score (nSPS) is 10.5. The zero-order valence-electron chi connectivity index (χ0n) is 8.04. The van der Waals surface area contributed by atoms with Crippen LogP contribution in [0.3, 0.4) is 0 Å². The van der Waals surface area contributed by atoms with Crippen molar-refractivity contribution in [2.45, 2.75) is 24.9 Å². The minimum absolute atomic E-state index is 0.114. The van der Waals surface area contributed by atoms with E-state index in [4.69, 9.17) is 0 Å². The third-order valence-corrected chi connectivity index (χ3v) is 2.19. The van der Waals surface area contributed by atoms with Crippen molar-refractivity contribution in [3.8, 4) is 5.75 Å². The van der Waals surface area contributed by atoms with Crippen molar-refractivity contribution in [1.82, 2.24) is 0 Å². The molecule has 0 aliphatic heterocycles. The number of carbonyl (C=O) groups excluding carboxylic acids is 1. The molecule has 0 atom stereocenters. The van der Waals surface area contributed by atoms with Crippen LogP contribution in [0.4, 0.5) is 8.78 Å². The fourth-order valence-corrected chi connectivity index (χ4v) is 1.49. The van der Waals surface area contributed by atoms with E-state index in [1.807, 2.05) is 0 Å². The first-order valence-corrected chi connectivity index (χ1v) is 4.81. The monoisotopic (exact) mass is 232 g/mol. The highest BCUT2D eigenvalue weighted by molar-refractivity contribution is 7.80. The molecular formula is C10H10F2O2S. The van der Waals surface area contributed by atoms with Crippen LogP contribution in [-0.2, 0) is 0 Å². The predicted molar refractivity (Wildman–Crippen MR) is 54.9 cm³/mol. The fourth-order valence-electron chi connectivity index (χ4n) is 1.17. The van der Waals surface area contributed by atoms with Gasteiger partial charge in [0.25, 0.3) is 0 Å². The quantitative estimate of drug-likeness (QED) is 0.637. The molecule has 0 amide bonds. The summed E-state index contributed by atoms with van der Waals surface area (Å²) in [6, 6.07) is 4.39. The van der Waals surface area contributed by atoms with Gasteiger partial charge in [-0.05, 0) is 12.1 Å². The first-order valence-electron chi connectivity index (χ1n) is 4.36. The maximum absolute atomic E-state index is 12.0. The van der Waals surface area contributed by atoms with E-state index in [-0.39, 0.29) is 23.5 Å². The van der Waals surface area contributed by atoms with Crippen molar-refractivity contribution in [3.63, 3.8) is 0 Å². The number of hydrogen-bond donors (Lipinski definition) is 1. The van der Waals surface area contributed by atoms with Gasteiger partial charge in [-0.1, -0.05) is 13.0 Å². The van der Waals surface area contributed by atoms with Crippen LogP contribution in [0, 0.1) is 0 Å². The van der Waals surface area contributed by atoms with E-state index in [0.29, 0.717) is 4.90 Å². The molecule has 0 radical (unpaired) electrons. The molecule has 0 bridgehead atoms. The van der Waals surface area contributed by atoms with Crippen molar-refractivity contribution < 1.29 is 18.3 Å². The molecule has 5 heteroatoms. The van der Waals surface area contributed by atoms with Crippen LogP contribution in [0.15, 0.2) is 23.1 Å². The molecule has 0 heterocycles. The standard InChI is InChI=1S/C10H10F2O2S/c1-2-6(13)9-7(14-10(11)12)4-3-5-8(9)15/h3-5,10,15H,2H2,1H3. The molecule has 2 nitrogen and oxygen atoms in total. The van der Waals surface area contributed by atoms with Gasteiger partial charge >= 0.3 is 6.61 Å². The highest BCUT2D eigenvalue weighted by Gasteiger charge is 2.16. The van der Waals surface area contributed by atoms with E-state index in [2.05, 4.69) is 17.4 Å². The van der Waals surface area contributed by atoms with Crippen LogP contribution in [0.25, 0.3) is 0 Å². The van der Waals surface area contributed by atoms with Crippen LogP contribution in [0.5, 0.6) is 5.75 Å². The third-order valence-electron chi connectivity index (χ3n) is 1.82. The minimum atomic E-state index is -2.94. The maximum Gasteiger partial charge on any atom is 0.387 e. The molecule has 0 saturated heterocycles. The van der Waals surface area contributed by atoms with Crippen molar-refractivity contribution in [2.75, 3.05) is 0 Å². The van der Waals surface area contributed by atoms with Crippen molar-refractivity contribution in [1.29, 1.82) is 0 Å². The Kier molecular flexibility index (Phi) is 4.08. The average molecular weight is 232 g/mol. The summed E-state index contributed by atoms with van der Waals surface area (Å²) in [5.74, 6) is -0.388. The van der Waals surface area contributed by atoms with Crippen LogP contribution in [0.2, 0.25) is 0 Å². The Morgan fingerprint density at radius 1 is 1.53 bits per heavy atom. The number of alkyl halides is 2. The van der Waals surface area contributed by atoms with Gasteiger partial charge in [0.15, 0.2) is 5.78 Å². The van der Waals surface area contributed by atoms with Gasteiger partial charge in [0.2, 0.25) is 0 Å².